The SMILES string of the molecule is Cc1nnc(-c2cc3ccccc3c3c2OC2(C=N3)N(C)c3ccccc3C2(C)C)o1. The van der Waals surface area contributed by atoms with E-state index >= 15 is 0 Å². The minimum atomic E-state index is -0.782. The number of aryl methyl sites for hydroxylation is 1. The van der Waals surface area contributed by atoms with Crippen molar-refractivity contribution in [2.75, 3.05) is 11.9 Å². The Morgan fingerprint density at radius 2 is 1.74 bits per heavy atom. The molecule has 0 aliphatic carbocycles. The first-order valence-corrected chi connectivity index (χ1v) is 10.4. The van der Waals surface area contributed by atoms with E-state index in [4.69, 9.17) is 14.1 Å². The number of likely N-dealkylation sites (N-methyl/N-ethyl adjacent to an activating group) is 1. The number of hydrogen-bond acceptors (Lipinski definition) is 6. The third-order valence-corrected chi connectivity index (χ3v) is 6.69. The molecule has 1 aromatic heterocycles. The van der Waals surface area contributed by atoms with Gasteiger partial charge in [0.05, 0.1) is 17.2 Å². The van der Waals surface area contributed by atoms with Crippen LogP contribution in [0.15, 0.2) is 64.0 Å². The van der Waals surface area contributed by atoms with Gasteiger partial charge in [0.1, 0.15) is 5.69 Å². The smallest absolute Gasteiger partial charge is 0.251 e. The van der Waals surface area contributed by atoms with Crippen LogP contribution in [-0.2, 0) is 5.41 Å². The second kappa shape index (κ2) is 5.94. The lowest BCUT2D eigenvalue weighted by Crippen LogP contribution is -2.61. The second-order valence-electron chi connectivity index (χ2n) is 8.71. The highest BCUT2D eigenvalue weighted by Gasteiger charge is 2.58. The molecular formula is C25H22N4O2. The van der Waals surface area contributed by atoms with Crippen molar-refractivity contribution in [3.05, 3.63) is 66.1 Å². The topological polar surface area (TPSA) is 63.8 Å². The fourth-order valence-corrected chi connectivity index (χ4v) is 4.97. The van der Waals surface area contributed by atoms with E-state index in [1.165, 1.54) is 5.56 Å². The Morgan fingerprint density at radius 1 is 0.968 bits per heavy atom. The van der Waals surface area contributed by atoms with Crippen LogP contribution in [0.4, 0.5) is 11.4 Å². The summed E-state index contributed by atoms with van der Waals surface area (Å²) in [6.07, 6.45) is 1.95. The third kappa shape index (κ3) is 2.24. The number of ether oxygens (including phenoxy) is 1. The van der Waals surface area contributed by atoms with Crippen LogP contribution in [0.2, 0.25) is 0 Å². The summed E-state index contributed by atoms with van der Waals surface area (Å²) >= 11 is 0. The van der Waals surface area contributed by atoms with Crippen molar-refractivity contribution >= 4 is 28.4 Å². The summed E-state index contributed by atoms with van der Waals surface area (Å²) in [5.41, 5.74) is 2.78. The van der Waals surface area contributed by atoms with Gasteiger partial charge in [-0.05, 0) is 36.9 Å². The first-order valence-electron chi connectivity index (χ1n) is 10.4. The molecule has 1 atom stereocenters. The molecule has 0 bridgehead atoms. The van der Waals surface area contributed by atoms with Gasteiger partial charge in [-0.1, -0.05) is 42.5 Å². The first-order chi connectivity index (χ1) is 14.9. The molecule has 0 saturated carbocycles. The molecule has 0 saturated heterocycles. The van der Waals surface area contributed by atoms with E-state index in [9.17, 15) is 0 Å². The maximum Gasteiger partial charge on any atom is 0.251 e. The maximum atomic E-state index is 6.94. The van der Waals surface area contributed by atoms with E-state index in [1.807, 2.05) is 24.4 Å². The largest absolute Gasteiger partial charge is 0.459 e. The molecule has 3 aromatic carbocycles. The van der Waals surface area contributed by atoms with Gasteiger partial charge in [0.2, 0.25) is 11.6 Å². The number of anilines is 1. The predicted molar refractivity (Wildman–Crippen MR) is 121 cm³/mol. The molecule has 2 aliphatic rings. The van der Waals surface area contributed by atoms with E-state index in [2.05, 4.69) is 72.4 Å². The van der Waals surface area contributed by atoms with E-state index in [1.54, 1.807) is 6.92 Å². The number of aromatic nitrogens is 2. The van der Waals surface area contributed by atoms with Gasteiger partial charge >= 0.3 is 0 Å². The molecule has 6 rings (SSSR count). The van der Waals surface area contributed by atoms with Crippen molar-refractivity contribution in [2.24, 2.45) is 4.99 Å². The zero-order valence-electron chi connectivity index (χ0n) is 17.9. The highest BCUT2D eigenvalue weighted by molar-refractivity contribution is 6.03. The predicted octanol–water partition coefficient (Wildman–Crippen LogP) is 5.42. The summed E-state index contributed by atoms with van der Waals surface area (Å²) in [7, 11) is 2.06. The molecule has 0 fully saturated rings. The Morgan fingerprint density at radius 3 is 2.52 bits per heavy atom. The zero-order valence-corrected chi connectivity index (χ0v) is 17.9. The lowest BCUT2D eigenvalue weighted by atomic mass is 9.77. The molecule has 6 nitrogen and oxygen atoms in total. The highest BCUT2D eigenvalue weighted by Crippen LogP contribution is 2.56. The molecule has 1 spiro atoms. The number of fused-ring (bicyclic) bond motifs is 4. The van der Waals surface area contributed by atoms with Crippen molar-refractivity contribution in [2.45, 2.75) is 31.9 Å². The number of nitrogens with zero attached hydrogens (tertiary/aromatic N) is 4. The second-order valence-corrected chi connectivity index (χ2v) is 8.71. The van der Waals surface area contributed by atoms with Gasteiger partial charge in [0.15, 0.2) is 5.75 Å². The molecule has 31 heavy (non-hydrogen) atoms. The van der Waals surface area contributed by atoms with E-state index < -0.39 is 5.72 Å². The minimum Gasteiger partial charge on any atom is -0.459 e. The Kier molecular flexibility index (Phi) is 3.47. The van der Waals surface area contributed by atoms with Crippen molar-refractivity contribution in [1.82, 2.24) is 10.2 Å². The van der Waals surface area contributed by atoms with E-state index in [-0.39, 0.29) is 5.41 Å². The van der Waals surface area contributed by atoms with Crippen molar-refractivity contribution < 1.29 is 9.15 Å². The van der Waals surface area contributed by atoms with Gasteiger partial charge in [-0.2, -0.15) is 0 Å². The van der Waals surface area contributed by atoms with Crippen LogP contribution < -0.4 is 9.64 Å². The lowest BCUT2D eigenvalue weighted by Gasteiger charge is -2.45. The van der Waals surface area contributed by atoms with E-state index in [0.29, 0.717) is 17.5 Å². The summed E-state index contributed by atoms with van der Waals surface area (Å²) in [4.78, 5) is 7.17. The standard InChI is InChI=1S/C25H22N4O2/c1-15-27-28-23(30-15)18-13-16-9-5-6-10-17(16)21-22(18)31-25(14-26-21)24(2,3)19-11-7-8-12-20(19)29(25)4/h5-14H,1-4H3. The highest BCUT2D eigenvalue weighted by atomic mass is 16.5. The van der Waals surface area contributed by atoms with Crippen LogP contribution in [0, 0.1) is 6.92 Å². The molecule has 154 valence electrons. The molecular weight excluding hydrogens is 388 g/mol. The summed E-state index contributed by atoms with van der Waals surface area (Å²) in [6, 6.07) is 18.6. The number of benzene rings is 3. The molecule has 0 radical (unpaired) electrons. The number of aliphatic imine (C=N–C) groups is 1. The van der Waals surface area contributed by atoms with Gasteiger partial charge in [0, 0.05) is 25.0 Å². The lowest BCUT2D eigenvalue weighted by molar-refractivity contribution is 0.0831. The molecule has 1 unspecified atom stereocenters. The molecule has 4 aromatic rings. The molecule has 6 heteroatoms. The Labute approximate surface area is 180 Å². The summed E-state index contributed by atoms with van der Waals surface area (Å²) in [5.74, 6) is 1.61. The fourth-order valence-electron chi connectivity index (χ4n) is 4.97. The summed E-state index contributed by atoms with van der Waals surface area (Å²) in [6.45, 7) is 6.18. The van der Waals surface area contributed by atoms with Crippen molar-refractivity contribution in [1.29, 1.82) is 0 Å². The summed E-state index contributed by atoms with van der Waals surface area (Å²) in [5, 5.41) is 10.4. The van der Waals surface area contributed by atoms with Crippen LogP contribution in [0.25, 0.3) is 22.2 Å². The minimum absolute atomic E-state index is 0.340. The maximum absolute atomic E-state index is 6.94. The third-order valence-electron chi connectivity index (χ3n) is 6.69. The quantitative estimate of drug-likeness (QED) is 0.419. The van der Waals surface area contributed by atoms with Gasteiger partial charge < -0.3 is 14.1 Å². The number of rotatable bonds is 1. The van der Waals surface area contributed by atoms with Gasteiger partial charge in [-0.15, -0.1) is 10.2 Å². The van der Waals surface area contributed by atoms with Gasteiger partial charge in [-0.25, -0.2) is 0 Å². The molecule has 0 amide bonds. The number of hydrogen-bond donors (Lipinski definition) is 0. The van der Waals surface area contributed by atoms with Crippen LogP contribution in [0.1, 0.15) is 25.3 Å². The van der Waals surface area contributed by atoms with Crippen LogP contribution in [0.5, 0.6) is 5.75 Å². The van der Waals surface area contributed by atoms with Crippen molar-refractivity contribution in [3.63, 3.8) is 0 Å². The van der Waals surface area contributed by atoms with Crippen LogP contribution >= 0.6 is 0 Å². The van der Waals surface area contributed by atoms with Gasteiger partial charge in [0.25, 0.3) is 5.89 Å². The molecule has 2 aliphatic heterocycles. The Bertz CT molecular complexity index is 1390. The fraction of sp³-hybridized carbons (Fsp3) is 0.240. The van der Waals surface area contributed by atoms with Gasteiger partial charge in [-0.3, -0.25) is 4.99 Å². The number of para-hydroxylation sites is 1. The average molecular weight is 410 g/mol. The average Bonchev–Trinajstić information content (AvgIpc) is 3.28. The van der Waals surface area contributed by atoms with Crippen LogP contribution in [-0.4, -0.2) is 29.2 Å². The zero-order chi connectivity index (χ0) is 21.4. The van der Waals surface area contributed by atoms with E-state index in [0.717, 1.165) is 27.7 Å². The molecule has 0 N–H and O–H groups in total. The Hall–Kier alpha value is -3.67. The van der Waals surface area contributed by atoms with Crippen molar-refractivity contribution in [3.8, 4) is 17.2 Å². The van der Waals surface area contributed by atoms with Crippen LogP contribution in [0.3, 0.4) is 0 Å². The normalized spacial score (nSPS) is 20.7. The summed E-state index contributed by atoms with van der Waals surface area (Å²) < 4.78 is 12.8. The molecule has 3 heterocycles. The first kappa shape index (κ1) is 18.1. The monoisotopic (exact) mass is 410 g/mol. The Balaban J connectivity index is 1.63.